The van der Waals surface area contributed by atoms with Crippen LogP contribution in [0.1, 0.15) is 17.0 Å². The monoisotopic (exact) mass is 382 g/mol. The van der Waals surface area contributed by atoms with Gasteiger partial charge in [-0.15, -0.1) is 0 Å². The van der Waals surface area contributed by atoms with E-state index in [-0.39, 0.29) is 28.5 Å². The number of nitriles is 1. The Morgan fingerprint density at radius 3 is 2.54 bits per heavy atom. The highest BCUT2D eigenvalue weighted by Crippen LogP contribution is 2.43. The maximum absolute atomic E-state index is 12.7. The zero-order valence-corrected chi connectivity index (χ0v) is 14.2. The SMILES string of the molecule is N#CC1=C(N)Oc2c(c(=O)oc3ccccc23)C1c1ccc(OC(F)F)cc1. The Morgan fingerprint density at radius 1 is 1.14 bits per heavy atom. The van der Waals surface area contributed by atoms with Crippen LogP contribution >= 0.6 is 0 Å². The Kier molecular flexibility index (Phi) is 4.20. The molecule has 0 aliphatic carbocycles. The molecule has 1 aliphatic rings. The molecule has 3 aromatic rings. The zero-order chi connectivity index (χ0) is 19.8. The summed E-state index contributed by atoms with van der Waals surface area (Å²) in [5.74, 6) is -0.841. The second-order valence-corrected chi connectivity index (χ2v) is 6.00. The summed E-state index contributed by atoms with van der Waals surface area (Å²) in [5.41, 5.74) is 6.21. The van der Waals surface area contributed by atoms with E-state index < -0.39 is 18.2 Å². The van der Waals surface area contributed by atoms with E-state index in [4.69, 9.17) is 14.9 Å². The van der Waals surface area contributed by atoms with Gasteiger partial charge in [-0.1, -0.05) is 24.3 Å². The molecule has 0 saturated carbocycles. The smallest absolute Gasteiger partial charge is 0.387 e. The number of fused-ring (bicyclic) bond motifs is 3. The average molecular weight is 382 g/mol. The molecule has 0 radical (unpaired) electrons. The van der Waals surface area contributed by atoms with Gasteiger partial charge in [-0.3, -0.25) is 0 Å². The van der Waals surface area contributed by atoms with Crippen LogP contribution < -0.4 is 20.8 Å². The van der Waals surface area contributed by atoms with Gasteiger partial charge in [0.15, 0.2) is 5.75 Å². The van der Waals surface area contributed by atoms with Crippen LogP contribution in [-0.4, -0.2) is 6.61 Å². The third-order valence-corrected chi connectivity index (χ3v) is 4.41. The maximum atomic E-state index is 12.7. The molecule has 1 unspecified atom stereocenters. The average Bonchev–Trinajstić information content (AvgIpc) is 2.67. The van der Waals surface area contributed by atoms with Gasteiger partial charge < -0.3 is 19.6 Å². The fraction of sp³-hybridized carbons (Fsp3) is 0.100. The van der Waals surface area contributed by atoms with Crippen molar-refractivity contribution in [3.63, 3.8) is 0 Å². The Morgan fingerprint density at radius 2 is 1.86 bits per heavy atom. The number of alkyl halides is 2. The van der Waals surface area contributed by atoms with Crippen LogP contribution in [0.4, 0.5) is 8.78 Å². The van der Waals surface area contributed by atoms with Crippen LogP contribution in [0.15, 0.2) is 69.2 Å². The molecule has 2 aromatic carbocycles. The molecule has 0 amide bonds. The zero-order valence-electron chi connectivity index (χ0n) is 14.2. The minimum absolute atomic E-state index is 0.0256. The van der Waals surface area contributed by atoms with Crippen molar-refractivity contribution in [2.75, 3.05) is 0 Å². The summed E-state index contributed by atoms with van der Waals surface area (Å²) in [7, 11) is 0. The molecule has 8 heteroatoms. The Bertz CT molecular complexity index is 1190. The van der Waals surface area contributed by atoms with E-state index in [0.29, 0.717) is 16.5 Å². The fourth-order valence-corrected chi connectivity index (χ4v) is 3.24. The van der Waals surface area contributed by atoms with E-state index >= 15 is 0 Å². The topological polar surface area (TPSA) is 98.5 Å². The van der Waals surface area contributed by atoms with E-state index in [2.05, 4.69) is 4.74 Å². The third kappa shape index (κ3) is 2.83. The van der Waals surface area contributed by atoms with Crippen LogP contribution in [0.2, 0.25) is 0 Å². The van der Waals surface area contributed by atoms with Crippen LogP contribution in [0.5, 0.6) is 11.5 Å². The minimum atomic E-state index is -2.96. The predicted octanol–water partition coefficient (Wildman–Crippen LogP) is 3.61. The second kappa shape index (κ2) is 6.70. The molecule has 1 aromatic heterocycles. The molecule has 6 nitrogen and oxygen atoms in total. The first-order valence-corrected chi connectivity index (χ1v) is 8.17. The highest BCUT2D eigenvalue weighted by Gasteiger charge is 2.35. The lowest BCUT2D eigenvalue weighted by Gasteiger charge is -2.26. The standard InChI is InChI=1S/C20H12F2N2O4/c21-20(22)26-11-7-5-10(6-8-11)15-13(9-23)18(24)28-17-12-3-1-2-4-14(12)27-19(25)16(15)17/h1-8,15,20H,24H2. The van der Waals surface area contributed by atoms with Crippen molar-refractivity contribution in [1.29, 1.82) is 5.26 Å². The molecule has 2 N–H and O–H groups in total. The minimum Gasteiger partial charge on any atom is -0.439 e. The van der Waals surface area contributed by atoms with Gasteiger partial charge in [0, 0.05) is 0 Å². The number of benzene rings is 2. The molecule has 140 valence electrons. The molecule has 0 saturated heterocycles. The Balaban J connectivity index is 1.93. The molecule has 0 fully saturated rings. The van der Waals surface area contributed by atoms with E-state index in [1.807, 2.05) is 6.07 Å². The number of nitrogens with zero attached hydrogens (tertiary/aromatic N) is 1. The molecular formula is C20H12F2N2O4. The van der Waals surface area contributed by atoms with E-state index in [9.17, 15) is 18.8 Å². The number of halogens is 2. The molecule has 2 heterocycles. The summed E-state index contributed by atoms with van der Waals surface area (Å²) < 4.78 is 40.1. The van der Waals surface area contributed by atoms with Gasteiger partial charge in [0.25, 0.3) is 0 Å². The lowest BCUT2D eigenvalue weighted by atomic mass is 9.84. The quantitative estimate of drug-likeness (QED) is 0.695. The molecule has 0 bridgehead atoms. The summed E-state index contributed by atoms with van der Waals surface area (Å²) in [6, 6.07) is 14.4. The van der Waals surface area contributed by atoms with Gasteiger partial charge in [-0.2, -0.15) is 14.0 Å². The van der Waals surface area contributed by atoms with Crippen LogP contribution in [0.25, 0.3) is 11.0 Å². The molecule has 0 spiro atoms. The lowest BCUT2D eigenvalue weighted by Crippen LogP contribution is -2.26. The fourth-order valence-electron chi connectivity index (χ4n) is 3.24. The number of hydrogen-bond acceptors (Lipinski definition) is 6. The largest absolute Gasteiger partial charge is 0.439 e. The van der Waals surface area contributed by atoms with Crippen molar-refractivity contribution in [3.8, 4) is 17.6 Å². The Labute approximate surface area is 157 Å². The lowest BCUT2D eigenvalue weighted by molar-refractivity contribution is -0.0498. The van der Waals surface area contributed by atoms with Crippen LogP contribution in [0, 0.1) is 11.3 Å². The Hall–Kier alpha value is -3.86. The first-order valence-electron chi connectivity index (χ1n) is 8.17. The molecule has 1 aliphatic heterocycles. The normalized spacial score (nSPS) is 15.9. The highest BCUT2D eigenvalue weighted by molar-refractivity contribution is 5.86. The first kappa shape index (κ1) is 17.5. The van der Waals surface area contributed by atoms with E-state index in [1.165, 1.54) is 24.3 Å². The second-order valence-electron chi connectivity index (χ2n) is 6.00. The summed E-state index contributed by atoms with van der Waals surface area (Å²) in [6.45, 7) is -2.96. The summed E-state index contributed by atoms with van der Waals surface area (Å²) in [5, 5.41) is 10.1. The number of nitrogens with two attached hydrogens (primary N) is 1. The van der Waals surface area contributed by atoms with Crippen molar-refractivity contribution in [3.05, 3.63) is 81.5 Å². The number of rotatable bonds is 3. The van der Waals surface area contributed by atoms with Crippen molar-refractivity contribution in [1.82, 2.24) is 0 Å². The molecule has 4 rings (SSSR count). The predicted molar refractivity (Wildman–Crippen MR) is 94.9 cm³/mol. The number of ether oxygens (including phenoxy) is 2. The first-order chi connectivity index (χ1) is 13.5. The molecule has 28 heavy (non-hydrogen) atoms. The highest BCUT2D eigenvalue weighted by atomic mass is 19.3. The van der Waals surface area contributed by atoms with Crippen molar-refractivity contribution < 1.29 is 22.7 Å². The number of allylic oxidation sites excluding steroid dienone is 1. The number of para-hydroxylation sites is 1. The maximum Gasteiger partial charge on any atom is 0.387 e. The number of hydrogen-bond donors (Lipinski definition) is 1. The van der Waals surface area contributed by atoms with Gasteiger partial charge in [0.2, 0.25) is 5.88 Å². The third-order valence-electron chi connectivity index (χ3n) is 4.41. The summed E-state index contributed by atoms with van der Waals surface area (Å²) in [6.07, 6.45) is 0. The van der Waals surface area contributed by atoms with E-state index in [0.717, 1.165) is 0 Å². The van der Waals surface area contributed by atoms with Crippen molar-refractivity contribution in [2.24, 2.45) is 5.73 Å². The van der Waals surface area contributed by atoms with Crippen LogP contribution in [-0.2, 0) is 0 Å². The van der Waals surface area contributed by atoms with Crippen molar-refractivity contribution in [2.45, 2.75) is 12.5 Å². The van der Waals surface area contributed by atoms with Crippen molar-refractivity contribution >= 4 is 11.0 Å². The van der Waals surface area contributed by atoms with Gasteiger partial charge in [-0.05, 0) is 29.8 Å². The molecular weight excluding hydrogens is 370 g/mol. The van der Waals surface area contributed by atoms with Gasteiger partial charge in [-0.25, -0.2) is 4.79 Å². The summed E-state index contributed by atoms with van der Waals surface area (Å²) in [4.78, 5) is 12.7. The van der Waals surface area contributed by atoms with Gasteiger partial charge in [0.1, 0.15) is 23.0 Å². The van der Waals surface area contributed by atoms with Crippen LogP contribution in [0.3, 0.4) is 0 Å². The summed E-state index contributed by atoms with van der Waals surface area (Å²) >= 11 is 0. The van der Waals surface area contributed by atoms with Gasteiger partial charge >= 0.3 is 12.2 Å². The molecule has 1 atom stereocenters. The van der Waals surface area contributed by atoms with Gasteiger partial charge in [0.05, 0.1) is 16.9 Å². The van der Waals surface area contributed by atoms with E-state index in [1.54, 1.807) is 24.3 Å².